The van der Waals surface area contributed by atoms with Gasteiger partial charge in [0, 0.05) is 29.9 Å². The Morgan fingerprint density at radius 3 is 2.42 bits per heavy atom. The summed E-state index contributed by atoms with van der Waals surface area (Å²) in [6, 6.07) is 19.6. The highest BCUT2D eigenvalue weighted by molar-refractivity contribution is 7.88. The molecule has 1 N–H and O–H groups in total. The molecule has 4 aromatic rings. The number of carbonyl (C=O) groups excluding carboxylic acids is 1. The lowest BCUT2D eigenvalue weighted by atomic mass is 9.98. The Hall–Kier alpha value is -3.99. The standard InChI is InChI=1S/C29H28ClN5O4S/c1-19(26-6-4-5-15-31-26)32-29(36)27-25-18-34(40(3,37)38)17-21(16-20-7-13-24(39-2)14-8-20)28(25)35(33-27)23-11-9-22(30)10-12-23/h4-16,19H,17-18H2,1-3H3,(H,32,36)/b21-16+. The largest absolute Gasteiger partial charge is 0.497 e. The van der Waals surface area contributed by atoms with Crippen molar-refractivity contribution in [2.45, 2.75) is 19.5 Å². The van der Waals surface area contributed by atoms with Crippen LogP contribution in [0.4, 0.5) is 0 Å². The Balaban J connectivity index is 1.66. The molecule has 9 nitrogen and oxygen atoms in total. The predicted molar refractivity (Wildman–Crippen MR) is 155 cm³/mol. The van der Waals surface area contributed by atoms with Crippen molar-refractivity contribution in [3.8, 4) is 11.4 Å². The molecule has 3 heterocycles. The fraction of sp³-hybridized carbons (Fsp3) is 0.207. The molecule has 0 spiro atoms. The number of hydrogen-bond donors (Lipinski definition) is 1. The maximum absolute atomic E-state index is 13.7. The van der Waals surface area contributed by atoms with Crippen molar-refractivity contribution >= 4 is 39.2 Å². The van der Waals surface area contributed by atoms with E-state index < -0.39 is 22.0 Å². The molecule has 1 unspecified atom stereocenters. The Kier molecular flexibility index (Phi) is 7.75. The summed E-state index contributed by atoms with van der Waals surface area (Å²) in [5.41, 5.74) is 4.23. The number of benzene rings is 2. The molecule has 11 heteroatoms. The van der Waals surface area contributed by atoms with Crippen molar-refractivity contribution in [3.63, 3.8) is 0 Å². The van der Waals surface area contributed by atoms with Crippen LogP contribution in [0.25, 0.3) is 17.3 Å². The van der Waals surface area contributed by atoms with Crippen LogP contribution in [0.3, 0.4) is 0 Å². The normalized spacial score (nSPS) is 15.4. The van der Waals surface area contributed by atoms with Gasteiger partial charge in [-0.1, -0.05) is 29.8 Å². The molecule has 5 rings (SSSR count). The second kappa shape index (κ2) is 11.2. The number of amides is 1. The van der Waals surface area contributed by atoms with Crippen LogP contribution in [0.1, 0.15) is 46.0 Å². The van der Waals surface area contributed by atoms with E-state index in [9.17, 15) is 13.2 Å². The van der Waals surface area contributed by atoms with E-state index >= 15 is 0 Å². The fourth-order valence-electron chi connectivity index (χ4n) is 4.60. The van der Waals surface area contributed by atoms with E-state index in [0.717, 1.165) is 11.8 Å². The molecule has 0 saturated heterocycles. The van der Waals surface area contributed by atoms with Crippen molar-refractivity contribution in [1.82, 2.24) is 24.4 Å². The Bertz CT molecular complexity index is 1670. The van der Waals surface area contributed by atoms with Gasteiger partial charge in [-0.15, -0.1) is 0 Å². The topological polar surface area (TPSA) is 106 Å². The van der Waals surface area contributed by atoms with Gasteiger partial charge in [0.2, 0.25) is 10.0 Å². The van der Waals surface area contributed by atoms with Crippen molar-refractivity contribution in [2.24, 2.45) is 0 Å². The number of pyridine rings is 1. The molecule has 206 valence electrons. The molecule has 1 aliphatic heterocycles. The maximum atomic E-state index is 13.7. The minimum absolute atomic E-state index is 0.00241. The van der Waals surface area contributed by atoms with Crippen LogP contribution in [-0.4, -0.2) is 53.3 Å². The third kappa shape index (κ3) is 5.79. The molecule has 1 amide bonds. The summed E-state index contributed by atoms with van der Waals surface area (Å²) in [6.07, 6.45) is 4.73. The van der Waals surface area contributed by atoms with Crippen molar-refractivity contribution in [2.75, 3.05) is 19.9 Å². The van der Waals surface area contributed by atoms with Gasteiger partial charge in [0.15, 0.2) is 5.69 Å². The molecule has 2 aromatic carbocycles. The van der Waals surface area contributed by atoms with Crippen molar-refractivity contribution < 1.29 is 17.9 Å². The monoisotopic (exact) mass is 577 g/mol. The van der Waals surface area contributed by atoms with Crippen LogP contribution in [0.2, 0.25) is 5.02 Å². The number of aromatic nitrogens is 3. The van der Waals surface area contributed by atoms with Crippen LogP contribution < -0.4 is 10.1 Å². The molecule has 0 bridgehead atoms. The zero-order valence-electron chi connectivity index (χ0n) is 22.2. The third-order valence-corrected chi connectivity index (χ3v) is 8.11. The molecule has 0 fully saturated rings. The molecular weight excluding hydrogens is 550 g/mol. The van der Waals surface area contributed by atoms with Gasteiger partial charge in [-0.05, 0) is 72.7 Å². The first-order chi connectivity index (χ1) is 19.1. The quantitative estimate of drug-likeness (QED) is 0.340. The number of fused-ring (bicyclic) bond motifs is 1. The highest BCUT2D eigenvalue weighted by Gasteiger charge is 2.35. The van der Waals surface area contributed by atoms with E-state index in [-0.39, 0.29) is 18.8 Å². The van der Waals surface area contributed by atoms with Gasteiger partial charge in [0.1, 0.15) is 5.75 Å². The Morgan fingerprint density at radius 1 is 1.07 bits per heavy atom. The van der Waals surface area contributed by atoms with E-state index in [0.29, 0.717) is 39.0 Å². The van der Waals surface area contributed by atoms with E-state index in [1.165, 1.54) is 4.31 Å². The second-order valence-electron chi connectivity index (χ2n) is 9.49. The van der Waals surface area contributed by atoms with E-state index in [2.05, 4.69) is 10.3 Å². The van der Waals surface area contributed by atoms with Gasteiger partial charge in [-0.25, -0.2) is 13.1 Å². The lowest BCUT2D eigenvalue weighted by molar-refractivity contribution is 0.0932. The first-order valence-corrected chi connectivity index (χ1v) is 14.8. The van der Waals surface area contributed by atoms with Gasteiger partial charge >= 0.3 is 0 Å². The first-order valence-electron chi connectivity index (χ1n) is 12.5. The average molecular weight is 578 g/mol. The summed E-state index contributed by atoms with van der Waals surface area (Å²) in [5.74, 6) is 0.276. The average Bonchev–Trinajstić information content (AvgIpc) is 3.34. The molecule has 1 aliphatic rings. The summed E-state index contributed by atoms with van der Waals surface area (Å²) < 4.78 is 33.8. The molecule has 0 aliphatic carbocycles. The smallest absolute Gasteiger partial charge is 0.272 e. The molecule has 2 aromatic heterocycles. The number of carbonyl (C=O) groups is 1. The SMILES string of the molecule is COc1ccc(/C=C2\CN(S(C)(=O)=O)Cc3c(C(=O)NC(C)c4ccccn4)nn(-c4ccc(Cl)cc4)c32)cc1. The van der Waals surface area contributed by atoms with Crippen molar-refractivity contribution in [1.29, 1.82) is 0 Å². The van der Waals surface area contributed by atoms with Crippen LogP contribution in [0, 0.1) is 0 Å². The van der Waals surface area contributed by atoms with Gasteiger partial charge in [0.05, 0.1) is 36.5 Å². The number of ether oxygens (including phenoxy) is 1. The van der Waals surface area contributed by atoms with Crippen LogP contribution in [0.5, 0.6) is 5.75 Å². The number of rotatable bonds is 7. The minimum Gasteiger partial charge on any atom is -0.497 e. The van der Waals surface area contributed by atoms with E-state index in [4.69, 9.17) is 21.4 Å². The molecule has 0 saturated carbocycles. The Morgan fingerprint density at radius 2 is 1.80 bits per heavy atom. The fourth-order valence-corrected chi connectivity index (χ4v) is 5.46. The van der Waals surface area contributed by atoms with Gasteiger partial charge < -0.3 is 10.1 Å². The highest BCUT2D eigenvalue weighted by Crippen LogP contribution is 2.35. The lowest BCUT2D eigenvalue weighted by Gasteiger charge is -2.28. The first kappa shape index (κ1) is 27.6. The van der Waals surface area contributed by atoms with E-state index in [1.807, 2.05) is 61.5 Å². The summed E-state index contributed by atoms with van der Waals surface area (Å²) in [5, 5.41) is 8.26. The number of sulfonamides is 1. The third-order valence-electron chi connectivity index (χ3n) is 6.66. The number of nitrogens with one attached hydrogen (secondary N) is 1. The van der Waals surface area contributed by atoms with Gasteiger partial charge in [0.25, 0.3) is 5.91 Å². The number of nitrogens with zero attached hydrogens (tertiary/aromatic N) is 4. The zero-order valence-corrected chi connectivity index (χ0v) is 23.8. The molecule has 40 heavy (non-hydrogen) atoms. The molecular formula is C29H28ClN5O4S. The summed E-state index contributed by atoms with van der Waals surface area (Å²) in [6.45, 7) is 1.95. The Labute approximate surface area is 238 Å². The zero-order chi connectivity index (χ0) is 28.4. The second-order valence-corrected chi connectivity index (χ2v) is 11.9. The highest BCUT2D eigenvalue weighted by atomic mass is 35.5. The predicted octanol–water partition coefficient (Wildman–Crippen LogP) is 4.74. The molecule has 1 atom stereocenters. The van der Waals surface area contributed by atoms with Gasteiger partial charge in [-0.3, -0.25) is 9.78 Å². The van der Waals surface area contributed by atoms with E-state index in [1.54, 1.807) is 36.2 Å². The maximum Gasteiger partial charge on any atom is 0.272 e. The summed E-state index contributed by atoms with van der Waals surface area (Å²) in [7, 11) is -2.00. The minimum atomic E-state index is -3.60. The number of hydrogen-bond acceptors (Lipinski definition) is 6. The van der Waals surface area contributed by atoms with Crippen LogP contribution in [-0.2, 0) is 16.6 Å². The number of halogens is 1. The van der Waals surface area contributed by atoms with Crippen LogP contribution >= 0.6 is 11.6 Å². The lowest BCUT2D eigenvalue weighted by Crippen LogP contribution is -2.36. The molecule has 0 radical (unpaired) electrons. The number of methoxy groups -OCH3 is 1. The van der Waals surface area contributed by atoms with Gasteiger partial charge in [-0.2, -0.15) is 9.40 Å². The summed E-state index contributed by atoms with van der Waals surface area (Å²) >= 11 is 6.15. The summed E-state index contributed by atoms with van der Waals surface area (Å²) in [4.78, 5) is 18.0. The van der Waals surface area contributed by atoms with Crippen LogP contribution in [0.15, 0.2) is 72.9 Å². The van der Waals surface area contributed by atoms with Crippen molar-refractivity contribution in [3.05, 3.63) is 106 Å².